The van der Waals surface area contributed by atoms with Crippen molar-refractivity contribution in [2.75, 3.05) is 18.1 Å². The van der Waals surface area contributed by atoms with E-state index < -0.39 is 25.9 Å². The number of nitrogens with one attached hydrogen (secondary N) is 1. The first-order chi connectivity index (χ1) is 9.82. The quantitative estimate of drug-likeness (QED) is 0.680. The zero-order valence-electron chi connectivity index (χ0n) is 11.0. The Kier molecular flexibility index (Phi) is 4.63. The average molecular weight is 330 g/mol. The molecule has 1 aliphatic rings. The largest absolute Gasteiger partial charge is 0.384 e. The molecule has 0 aromatic carbocycles. The van der Waals surface area contributed by atoms with E-state index in [1.54, 1.807) is 0 Å². The lowest BCUT2D eigenvalue weighted by Crippen LogP contribution is -2.35. The van der Waals surface area contributed by atoms with Crippen LogP contribution in [-0.2, 0) is 19.9 Å². The third-order valence-electron chi connectivity index (χ3n) is 2.89. The summed E-state index contributed by atoms with van der Waals surface area (Å²) in [5.74, 6) is 4.76. The maximum atomic E-state index is 12.2. The van der Waals surface area contributed by atoms with Crippen molar-refractivity contribution in [3.05, 3.63) is 24.0 Å². The topological polar surface area (TPSA) is 113 Å². The molecule has 1 saturated heterocycles. The number of hydrogen-bond donors (Lipinski definition) is 2. The summed E-state index contributed by atoms with van der Waals surface area (Å²) >= 11 is 0. The number of aromatic nitrogens is 1. The minimum absolute atomic E-state index is 0.0134. The normalized spacial score (nSPS) is 20.7. The van der Waals surface area contributed by atoms with Crippen molar-refractivity contribution in [2.45, 2.75) is 17.4 Å². The van der Waals surface area contributed by atoms with Crippen molar-refractivity contribution in [1.29, 1.82) is 0 Å². The van der Waals surface area contributed by atoms with Gasteiger partial charge < -0.3 is 5.11 Å². The van der Waals surface area contributed by atoms with Gasteiger partial charge in [-0.2, -0.15) is 0 Å². The van der Waals surface area contributed by atoms with Crippen LogP contribution in [-0.4, -0.2) is 51.1 Å². The minimum Gasteiger partial charge on any atom is -0.384 e. The first kappa shape index (κ1) is 15.9. The third kappa shape index (κ3) is 4.25. The van der Waals surface area contributed by atoms with Crippen LogP contribution >= 0.6 is 0 Å². The number of aliphatic hydroxyl groups excluding tert-OH is 1. The van der Waals surface area contributed by atoms with Crippen LogP contribution in [0.3, 0.4) is 0 Å². The summed E-state index contributed by atoms with van der Waals surface area (Å²) in [6, 6.07) is 0.703. The van der Waals surface area contributed by atoms with Gasteiger partial charge >= 0.3 is 0 Å². The number of pyridine rings is 1. The second-order valence-corrected chi connectivity index (χ2v) is 8.53. The van der Waals surface area contributed by atoms with E-state index in [4.69, 9.17) is 5.11 Å². The molecule has 1 aromatic rings. The summed E-state index contributed by atoms with van der Waals surface area (Å²) in [4.78, 5) is 3.70. The van der Waals surface area contributed by atoms with Gasteiger partial charge in [0.2, 0.25) is 10.0 Å². The highest BCUT2D eigenvalue weighted by molar-refractivity contribution is 7.92. The summed E-state index contributed by atoms with van der Waals surface area (Å²) in [5, 5.41) is 8.61. The molecule has 21 heavy (non-hydrogen) atoms. The van der Waals surface area contributed by atoms with Crippen molar-refractivity contribution in [3.63, 3.8) is 0 Å². The van der Waals surface area contributed by atoms with E-state index in [0.717, 1.165) is 6.20 Å². The summed E-state index contributed by atoms with van der Waals surface area (Å²) < 4.78 is 49.4. The second kappa shape index (κ2) is 6.11. The molecular weight excluding hydrogens is 316 g/mol. The monoisotopic (exact) mass is 330 g/mol. The fraction of sp³-hybridized carbons (Fsp3) is 0.417. The van der Waals surface area contributed by atoms with Crippen LogP contribution in [0.15, 0.2) is 23.4 Å². The summed E-state index contributed by atoms with van der Waals surface area (Å²) in [6.07, 6.45) is 2.80. The average Bonchev–Trinajstić information content (AvgIpc) is 2.75. The molecule has 2 heterocycles. The van der Waals surface area contributed by atoms with Gasteiger partial charge in [-0.25, -0.2) is 21.6 Å². The molecule has 2 N–H and O–H groups in total. The van der Waals surface area contributed by atoms with Crippen molar-refractivity contribution < 1.29 is 21.9 Å². The van der Waals surface area contributed by atoms with Crippen LogP contribution in [0.1, 0.15) is 12.0 Å². The fourth-order valence-corrected chi connectivity index (χ4v) is 4.99. The van der Waals surface area contributed by atoms with Crippen LogP contribution in [0.5, 0.6) is 0 Å². The molecule has 0 radical (unpaired) electrons. The van der Waals surface area contributed by atoms with Gasteiger partial charge in [-0.15, -0.1) is 0 Å². The molecule has 0 aliphatic carbocycles. The van der Waals surface area contributed by atoms with E-state index in [2.05, 4.69) is 21.5 Å². The third-order valence-corrected chi connectivity index (χ3v) is 6.14. The smallest absolute Gasteiger partial charge is 0.242 e. The van der Waals surface area contributed by atoms with E-state index in [1.165, 1.54) is 12.3 Å². The molecule has 1 atom stereocenters. The Morgan fingerprint density at radius 3 is 2.81 bits per heavy atom. The SMILES string of the molecule is O=S1(=O)CCC(NS(=O)(=O)c2cncc(C#CCO)c2)C1. The summed E-state index contributed by atoms with van der Waals surface area (Å²) in [5.41, 5.74) is 0.353. The molecule has 114 valence electrons. The van der Waals surface area contributed by atoms with E-state index >= 15 is 0 Å². The molecule has 1 aliphatic heterocycles. The highest BCUT2D eigenvalue weighted by atomic mass is 32.2. The number of sulfone groups is 1. The zero-order valence-corrected chi connectivity index (χ0v) is 12.6. The van der Waals surface area contributed by atoms with Gasteiger partial charge in [-0.1, -0.05) is 11.8 Å². The molecule has 0 saturated carbocycles. The van der Waals surface area contributed by atoms with E-state index in [9.17, 15) is 16.8 Å². The van der Waals surface area contributed by atoms with Gasteiger partial charge in [-0.3, -0.25) is 4.98 Å². The van der Waals surface area contributed by atoms with Gasteiger partial charge in [0.15, 0.2) is 9.84 Å². The highest BCUT2D eigenvalue weighted by Crippen LogP contribution is 2.15. The molecule has 1 aromatic heterocycles. The standard InChI is InChI=1S/C12H14N2O5S2/c15-4-1-2-10-6-12(8-13-7-10)21(18,19)14-11-3-5-20(16,17)9-11/h6-8,11,14-15H,3-5,9H2. The molecular formula is C12H14N2O5S2. The van der Waals surface area contributed by atoms with Crippen molar-refractivity contribution in [1.82, 2.24) is 9.71 Å². The lowest BCUT2D eigenvalue weighted by atomic mass is 10.3. The van der Waals surface area contributed by atoms with Gasteiger partial charge in [-0.05, 0) is 12.5 Å². The Bertz CT molecular complexity index is 790. The molecule has 2 rings (SSSR count). The predicted molar refractivity (Wildman–Crippen MR) is 75.6 cm³/mol. The van der Waals surface area contributed by atoms with Gasteiger partial charge in [0.1, 0.15) is 11.5 Å². The lowest BCUT2D eigenvalue weighted by Gasteiger charge is -2.11. The van der Waals surface area contributed by atoms with Crippen molar-refractivity contribution in [2.24, 2.45) is 0 Å². The Morgan fingerprint density at radius 2 is 2.19 bits per heavy atom. The van der Waals surface area contributed by atoms with Crippen LogP contribution < -0.4 is 4.72 Å². The number of aliphatic hydroxyl groups is 1. The molecule has 7 nitrogen and oxygen atoms in total. The molecule has 1 unspecified atom stereocenters. The minimum atomic E-state index is -3.85. The second-order valence-electron chi connectivity index (χ2n) is 4.59. The highest BCUT2D eigenvalue weighted by Gasteiger charge is 2.31. The maximum absolute atomic E-state index is 12.2. The van der Waals surface area contributed by atoms with Crippen LogP contribution in [0, 0.1) is 11.8 Å². The van der Waals surface area contributed by atoms with Gasteiger partial charge in [0.25, 0.3) is 0 Å². The summed E-state index contributed by atoms with van der Waals surface area (Å²) in [6.45, 7) is -0.338. The predicted octanol–water partition coefficient (Wildman–Crippen LogP) is -1.11. The Hall–Kier alpha value is -1.47. The molecule has 0 amide bonds. The Morgan fingerprint density at radius 1 is 1.43 bits per heavy atom. The van der Waals surface area contributed by atoms with Crippen LogP contribution in [0.4, 0.5) is 0 Å². The van der Waals surface area contributed by atoms with E-state index in [-0.39, 0.29) is 29.4 Å². The first-order valence-corrected chi connectivity index (χ1v) is 9.40. The van der Waals surface area contributed by atoms with E-state index in [1.807, 2.05) is 0 Å². The van der Waals surface area contributed by atoms with Crippen molar-refractivity contribution in [3.8, 4) is 11.8 Å². The van der Waals surface area contributed by atoms with Crippen LogP contribution in [0.25, 0.3) is 0 Å². The number of hydrogen-bond acceptors (Lipinski definition) is 6. The zero-order chi connectivity index (χ0) is 15.5. The van der Waals surface area contributed by atoms with E-state index in [0.29, 0.717) is 5.56 Å². The number of sulfonamides is 1. The van der Waals surface area contributed by atoms with Crippen LogP contribution in [0.2, 0.25) is 0 Å². The first-order valence-electron chi connectivity index (χ1n) is 6.10. The van der Waals surface area contributed by atoms with Crippen molar-refractivity contribution >= 4 is 19.9 Å². The summed E-state index contributed by atoms with van der Waals surface area (Å²) in [7, 11) is -7.01. The van der Waals surface area contributed by atoms with Gasteiger partial charge in [0.05, 0.1) is 11.5 Å². The lowest BCUT2D eigenvalue weighted by molar-refractivity contribution is 0.350. The number of nitrogens with zero attached hydrogens (tertiary/aromatic N) is 1. The van der Waals surface area contributed by atoms with Gasteiger partial charge in [0, 0.05) is 24.0 Å². The fourth-order valence-electron chi connectivity index (χ4n) is 1.95. The molecule has 9 heteroatoms. The maximum Gasteiger partial charge on any atom is 0.242 e. The molecule has 0 spiro atoms. The molecule has 0 bridgehead atoms. The Labute approximate surface area is 123 Å². The Balaban J connectivity index is 2.20. The molecule has 1 fully saturated rings. The number of rotatable bonds is 3.